The summed E-state index contributed by atoms with van der Waals surface area (Å²) in [6.07, 6.45) is 1.30. The van der Waals surface area contributed by atoms with Crippen LogP contribution >= 0.6 is 11.6 Å². The number of hydrogen-bond donors (Lipinski definition) is 3. The lowest BCUT2D eigenvalue weighted by molar-refractivity contribution is -0.112. The molecule has 0 saturated heterocycles. The normalized spacial score (nSPS) is 10.8. The third kappa shape index (κ3) is 6.40. The summed E-state index contributed by atoms with van der Waals surface area (Å²) in [5.74, 6) is -2.44. The molecule has 3 aromatic rings. The van der Waals surface area contributed by atoms with Gasteiger partial charge in [0.2, 0.25) is 0 Å². The lowest BCUT2D eigenvalue weighted by Crippen LogP contribution is -2.14. The maximum absolute atomic E-state index is 12.6. The Morgan fingerprint density at radius 1 is 1.03 bits per heavy atom. The van der Waals surface area contributed by atoms with Crippen molar-refractivity contribution in [2.24, 2.45) is 0 Å². The molecule has 36 heavy (non-hydrogen) atoms. The number of anilines is 1. The molecular formula is C26H19ClN2O7. The predicted molar refractivity (Wildman–Crippen MR) is 131 cm³/mol. The highest BCUT2D eigenvalue weighted by Gasteiger charge is 2.15. The molecule has 0 aliphatic rings. The van der Waals surface area contributed by atoms with Gasteiger partial charge in [-0.1, -0.05) is 29.8 Å². The summed E-state index contributed by atoms with van der Waals surface area (Å²) in [6.45, 7) is 0.0897. The number of amides is 1. The number of nitrogens with one attached hydrogen (secondary N) is 1. The number of carbonyl (C=O) groups excluding carboxylic acids is 1. The first-order chi connectivity index (χ1) is 17.2. The van der Waals surface area contributed by atoms with Crippen LogP contribution in [0.5, 0.6) is 11.5 Å². The number of carboxylic acid groups (broad SMARTS) is 2. The molecule has 0 heterocycles. The topological polar surface area (TPSA) is 146 Å². The molecule has 0 radical (unpaired) electrons. The van der Waals surface area contributed by atoms with Crippen LogP contribution in [0.3, 0.4) is 0 Å². The minimum Gasteiger partial charge on any atom is -0.493 e. The molecule has 3 N–H and O–H groups in total. The summed E-state index contributed by atoms with van der Waals surface area (Å²) in [6, 6.07) is 16.6. The highest BCUT2D eigenvalue weighted by atomic mass is 35.5. The maximum Gasteiger partial charge on any atom is 0.335 e. The van der Waals surface area contributed by atoms with Gasteiger partial charge in [-0.2, -0.15) is 5.26 Å². The van der Waals surface area contributed by atoms with E-state index in [0.29, 0.717) is 11.1 Å². The van der Waals surface area contributed by atoms with E-state index in [4.69, 9.17) is 31.3 Å². The van der Waals surface area contributed by atoms with Crippen LogP contribution in [0.4, 0.5) is 5.69 Å². The van der Waals surface area contributed by atoms with E-state index in [1.165, 1.54) is 61.7 Å². The van der Waals surface area contributed by atoms with Crippen molar-refractivity contribution in [2.75, 3.05) is 12.4 Å². The Morgan fingerprint density at radius 2 is 1.72 bits per heavy atom. The zero-order chi connectivity index (χ0) is 26.2. The highest BCUT2D eigenvalue weighted by molar-refractivity contribution is 6.32. The lowest BCUT2D eigenvalue weighted by Gasteiger charge is -2.14. The Morgan fingerprint density at radius 3 is 2.33 bits per heavy atom. The fraction of sp³-hybridized carbons (Fsp3) is 0.0769. The quantitative estimate of drug-likeness (QED) is 0.275. The molecule has 0 spiro atoms. The molecular weight excluding hydrogens is 488 g/mol. The number of carboxylic acids is 2. The molecule has 0 unspecified atom stereocenters. The Hall–Kier alpha value is -4.81. The number of methoxy groups -OCH3 is 1. The average molecular weight is 507 g/mol. The molecule has 0 aromatic heterocycles. The number of halogens is 1. The smallest absolute Gasteiger partial charge is 0.335 e. The number of carbonyl (C=O) groups is 3. The monoisotopic (exact) mass is 506 g/mol. The first kappa shape index (κ1) is 25.8. The highest BCUT2D eigenvalue weighted by Crippen LogP contribution is 2.37. The van der Waals surface area contributed by atoms with E-state index in [1.54, 1.807) is 12.1 Å². The van der Waals surface area contributed by atoms with Gasteiger partial charge in [0.05, 0.1) is 23.3 Å². The summed E-state index contributed by atoms with van der Waals surface area (Å²) in [5.41, 5.74) is 1.20. The first-order valence-electron chi connectivity index (χ1n) is 10.3. The van der Waals surface area contributed by atoms with Crippen LogP contribution in [-0.2, 0) is 11.4 Å². The number of ether oxygens (including phenoxy) is 2. The van der Waals surface area contributed by atoms with E-state index in [-0.39, 0.29) is 45.5 Å². The molecule has 3 rings (SSSR count). The summed E-state index contributed by atoms with van der Waals surface area (Å²) in [5, 5.41) is 30.2. The second-order valence-electron chi connectivity index (χ2n) is 7.33. The van der Waals surface area contributed by atoms with Gasteiger partial charge in [0.25, 0.3) is 5.91 Å². The SMILES string of the molecule is COc1cc(/C=C(/C#N)C(=O)Nc2cccc(C(=O)O)c2)cc(Cl)c1OCc1ccc(C(=O)O)cc1. The number of hydrogen-bond acceptors (Lipinski definition) is 6. The van der Waals surface area contributed by atoms with Gasteiger partial charge >= 0.3 is 11.9 Å². The molecule has 0 saturated carbocycles. The lowest BCUT2D eigenvalue weighted by atomic mass is 10.1. The molecule has 0 aliphatic heterocycles. The number of nitrogens with zero attached hydrogens (tertiary/aromatic N) is 1. The van der Waals surface area contributed by atoms with Crippen LogP contribution in [0.25, 0.3) is 6.08 Å². The number of benzene rings is 3. The molecule has 0 atom stereocenters. The number of aromatic carboxylic acids is 2. The fourth-order valence-corrected chi connectivity index (χ4v) is 3.38. The van der Waals surface area contributed by atoms with Crippen LogP contribution in [0.15, 0.2) is 66.2 Å². The van der Waals surface area contributed by atoms with E-state index >= 15 is 0 Å². The zero-order valence-corrected chi connectivity index (χ0v) is 19.6. The van der Waals surface area contributed by atoms with Crippen molar-refractivity contribution >= 4 is 41.2 Å². The Labute approximate surface area is 210 Å². The molecule has 0 bridgehead atoms. The van der Waals surface area contributed by atoms with Gasteiger partial charge in [-0.15, -0.1) is 0 Å². The van der Waals surface area contributed by atoms with Crippen molar-refractivity contribution in [1.29, 1.82) is 5.26 Å². The standard InChI is InChI=1S/C26H19ClN2O7/c1-35-22-11-16(9-19(13-28)24(30)29-20-4-2-3-18(12-20)26(33)34)10-21(27)23(22)36-14-15-5-7-17(8-6-15)25(31)32/h2-12H,14H2,1H3,(H,29,30)(H,31,32)(H,33,34)/b19-9-. The minimum absolute atomic E-state index is 0.0137. The van der Waals surface area contributed by atoms with Crippen molar-refractivity contribution in [1.82, 2.24) is 0 Å². The average Bonchev–Trinajstić information content (AvgIpc) is 2.86. The Kier molecular flexibility index (Phi) is 8.28. The van der Waals surface area contributed by atoms with Crippen molar-refractivity contribution in [2.45, 2.75) is 6.61 Å². The van der Waals surface area contributed by atoms with E-state index in [9.17, 15) is 19.6 Å². The van der Waals surface area contributed by atoms with Gasteiger partial charge in [0, 0.05) is 5.69 Å². The summed E-state index contributed by atoms with van der Waals surface area (Å²) in [4.78, 5) is 34.7. The zero-order valence-electron chi connectivity index (χ0n) is 18.8. The second-order valence-corrected chi connectivity index (χ2v) is 7.74. The summed E-state index contributed by atoms with van der Waals surface area (Å²) in [7, 11) is 1.40. The summed E-state index contributed by atoms with van der Waals surface area (Å²) >= 11 is 6.38. The molecule has 0 aliphatic carbocycles. The van der Waals surface area contributed by atoms with Crippen molar-refractivity contribution in [3.8, 4) is 17.6 Å². The Balaban J connectivity index is 1.79. The largest absolute Gasteiger partial charge is 0.493 e. The fourth-order valence-electron chi connectivity index (χ4n) is 3.11. The molecule has 9 nitrogen and oxygen atoms in total. The second kappa shape index (κ2) is 11.6. The molecule has 1 amide bonds. The maximum atomic E-state index is 12.6. The number of rotatable bonds is 9. The molecule has 10 heteroatoms. The van der Waals surface area contributed by atoms with Crippen molar-refractivity contribution in [3.63, 3.8) is 0 Å². The van der Waals surface area contributed by atoms with Crippen LogP contribution in [-0.4, -0.2) is 35.2 Å². The van der Waals surface area contributed by atoms with Gasteiger partial charge in [-0.25, -0.2) is 9.59 Å². The number of nitriles is 1. The minimum atomic E-state index is -1.15. The van der Waals surface area contributed by atoms with Crippen LogP contribution in [0.2, 0.25) is 5.02 Å². The van der Waals surface area contributed by atoms with Crippen molar-refractivity contribution in [3.05, 3.63) is 93.5 Å². The first-order valence-corrected chi connectivity index (χ1v) is 10.7. The van der Waals surface area contributed by atoms with Gasteiger partial charge in [-0.05, 0) is 59.7 Å². The van der Waals surface area contributed by atoms with Gasteiger partial charge < -0.3 is 25.0 Å². The van der Waals surface area contributed by atoms with Crippen LogP contribution in [0.1, 0.15) is 31.8 Å². The molecule has 3 aromatic carbocycles. The van der Waals surface area contributed by atoms with Gasteiger partial charge in [0.15, 0.2) is 11.5 Å². The Bertz CT molecular complexity index is 1390. The third-order valence-electron chi connectivity index (χ3n) is 4.88. The molecule has 182 valence electrons. The van der Waals surface area contributed by atoms with Crippen LogP contribution < -0.4 is 14.8 Å². The van der Waals surface area contributed by atoms with E-state index < -0.39 is 17.8 Å². The van der Waals surface area contributed by atoms with Gasteiger partial charge in [0.1, 0.15) is 18.2 Å². The predicted octanol–water partition coefficient (Wildman–Crippen LogP) is 4.87. The van der Waals surface area contributed by atoms with E-state index in [1.807, 2.05) is 6.07 Å². The molecule has 0 fully saturated rings. The summed E-state index contributed by atoms with van der Waals surface area (Å²) < 4.78 is 11.1. The van der Waals surface area contributed by atoms with Crippen LogP contribution in [0, 0.1) is 11.3 Å². The van der Waals surface area contributed by atoms with E-state index in [2.05, 4.69) is 5.32 Å². The third-order valence-corrected chi connectivity index (χ3v) is 5.16. The van der Waals surface area contributed by atoms with Gasteiger partial charge in [-0.3, -0.25) is 4.79 Å². The van der Waals surface area contributed by atoms with E-state index in [0.717, 1.165) is 0 Å². The van der Waals surface area contributed by atoms with Crippen molar-refractivity contribution < 1.29 is 34.1 Å².